The van der Waals surface area contributed by atoms with Crippen molar-refractivity contribution in [1.29, 1.82) is 0 Å². The van der Waals surface area contributed by atoms with E-state index in [1.807, 2.05) is 62.6 Å². The molecule has 0 saturated carbocycles. The molecule has 4 heterocycles. The van der Waals surface area contributed by atoms with Crippen molar-refractivity contribution in [2.75, 3.05) is 52.1 Å². The predicted octanol–water partition coefficient (Wildman–Crippen LogP) is 2.50. The molecule has 292 valence electrons. The average molecular weight is 807 g/mol. The van der Waals surface area contributed by atoms with Gasteiger partial charge in [0.2, 0.25) is 23.8 Å². The molecule has 0 bridgehead atoms. The van der Waals surface area contributed by atoms with Crippen LogP contribution >= 0.6 is 23.3 Å². The molecule has 0 spiro atoms. The van der Waals surface area contributed by atoms with Crippen molar-refractivity contribution >= 4 is 70.3 Å². The van der Waals surface area contributed by atoms with Gasteiger partial charge in [-0.1, -0.05) is 53.7 Å². The molecule has 0 radical (unpaired) electrons. The maximum Gasteiger partial charge on any atom is 0.511 e. The smallest absolute Gasteiger partial charge is 0.433 e. The van der Waals surface area contributed by atoms with Gasteiger partial charge in [-0.15, -0.1) is 11.8 Å². The van der Waals surface area contributed by atoms with Crippen molar-refractivity contribution in [1.82, 2.24) is 29.5 Å². The van der Waals surface area contributed by atoms with Crippen molar-refractivity contribution in [2.45, 2.75) is 30.5 Å². The van der Waals surface area contributed by atoms with Crippen LogP contribution in [0.4, 0.5) is 14.3 Å². The number of fused-ring (bicyclic) bond motifs is 4. The number of aliphatic imine (C=N–C) groups is 1. The summed E-state index contributed by atoms with van der Waals surface area (Å²) in [7, 11) is 3.64. The Kier molecular flexibility index (Phi) is 11.1. The number of esters is 1. The Hall–Kier alpha value is -6.09. The zero-order valence-electron chi connectivity index (χ0n) is 30.2. The number of aromatic nitrogens is 2. The van der Waals surface area contributed by atoms with E-state index >= 15 is 0 Å². The highest BCUT2D eigenvalue weighted by Gasteiger charge is 2.55. The number of anilines is 1. The lowest BCUT2D eigenvalue weighted by Gasteiger charge is -2.49. The summed E-state index contributed by atoms with van der Waals surface area (Å²) in [5, 5.41) is 11.4. The second-order valence-corrected chi connectivity index (χ2v) is 14.6. The number of thioether (sulfide) groups is 1. The summed E-state index contributed by atoms with van der Waals surface area (Å²) in [5.74, 6) is -2.28. The second-order valence-electron chi connectivity index (χ2n) is 12.7. The summed E-state index contributed by atoms with van der Waals surface area (Å²) in [5.41, 5.74) is 9.44. The molecule has 3 aromatic rings. The zero-order chi connectivity index (χ0) is 39.5. The fraction of sp³-hybridized carbons (Fsp3) is 0.343. The highest BCUT2D eigenvalue weighted by Crippen LogP contribution is 2.45. The number of carbonyl (C=O) groups is 4. The van der Waals surface area contributed by atoms with Gasteiger partial charge in [-0.2, -0.15) is 14.5 Å². The highest BCUT2D eigenvalue weighted by molar-refractivity contribution is 8.00. The normalized spacial score (nSPS) is 19.5. The van der Waals surface area contributed by atoms with E-state index in [0.29, 0.717) is 24.6 Å². The number of ether oxygens (including phenoxy) is 3. The number of halogens is 1. The van der Waals surface area contributed by atoms with Crippen molar-refractivity contribution in [3.63, 3.8) is 0 Å². The molecule has 3 N–H and O–H groups in total. The van der Waals surface area contributed by atoms with Crippen LogP contribution in [0.1, 0.15) is 29.8 Å². The van der Waals surface area contributed by atoms with Crippen molar-refractivity contribution in [2.24, 2.45) is 15.2 Å². The molecule has 2 amide bonds. The van der Waals surface area contributed by atoms with Crippen molar-refractivity contribution in [3.8, 4) is 11.1 Å². The van der Waals surface area contributed by atoms with E-state index in [9.17, 15) is 23.6 Å². The van der Waals surface area contributed by atoms with Gasteiger partial charge in [-0.25, -0.2) is 24.0 Å². The second kappa shape index (κ2) is 16.3. The standard InChI is InChI=1S/C35H35FN10O8S2/c1-18(54-35(50)51-15-24-22-10-6-4-8-20(22)21-9-5-7-11-23(21)24)53-32(49)27-19(14-39-45-13-12-38-34(45)44(2)3)16-55-31-26(30(48)46(27)31)40-29(47)25(42-52-17-36)28-41-33(37)56-43-28/h4-11,14,18,24,26,31H,12-13,15-17H2,1-3H3,(H,40,47)(H2,37,41,43)/b39-14+,42-25-. The Balaban J connectivity index is 1.05. The van der Waals surface area contributed by atoms with E-state index in [1.54, 1.807) is 9.91 Å². The fourth-order valence-electron chi connectivity index (χ4n) is 6.58. The van der Waals surface area contributed by atoms with Crippen LogP contribution in [-0.4, -0.2) is 130 Å². The molecule has 3 atom stereocenters. The molecule has 1 aromatic heterocycles. The van der Waals surface area contributed by atoms with Gasteiger partial charge in [0.05, 0.1) is 19.3 Å². The fourth-order valence-corrected chi connectivity index (χ4v) is 8.31. The third-order valence-corrected chi connectivity index (χ3v) is 10.8. The van der Waals surface area contributed by atoms with E-state index in [0.717, 1.165) is 33.8 Å². The molecule has 1 saturated heterocycles. The minimum Gasteiger partial charge on any atom is -0.433 e. The first kappa shape index (κ1) is 38.2. The first-order chi connectivity index (χ1) is 27.0. The summed E-state index contributed by atoms with van der Waals surface area (Å²) in [6, 6.07) is 14.6. The summed E-state index contributed by atoms with van der Waals surface area (Å²) < 4.78 is 33.1. The molecule has 1 fully saturated rings. The van der Waals surface area contributed by atoms with Crippen molar-refractivity contribution < 1.29 is 42.6 Å². The molecule has 1 aliphatic carbocycles. The summed E-state index contributed by atoms with van der Waals surface area (Å²) in [6.45, 7) is 0.989. The van der Waals surface area contributed by atoms with Gasteiger partial charge in [-0.3, -0.25) is 14.5 Å². The number of carbonyl (C=O) groups excluding carboxylic acids is 4. The van der Waals surface area contributed by atoms with E-state index in [4.69, 9.17) is 19.9 Å². The lowest BCUT2D eigenvalue weighted by atomic mass is 9.98. The Bertz CT molecular complexity index is 2130. The van der Waals surface area contributed by atoms with Gasteiger partial charge in [0.1, 0.15) is 23.7 Å². The maximum atomic E-state index is 13.9. The SMILES string of the molecule is CC(OC(=O)OCC1c2ccccc2-c2ccccc21)OC(=O)C1=C(/C=N/N2CCN=C2N(C)C)CSC2C(NC(=O)/C(=N\OCF)c3nsc(N)n3)C(=O)N12. The number of nitrogens with one attached hydrogen (secondary N) is 1. The maximum absolute atomic E-state index is 13.9. The lowest BCUT2D eigenvalue weighted by Crippen LogP contribution is -2.71. The monoisotopic (exact) mass is 806 g/mol. The van der Waals surface area contributed by atoms with Crippen LogP contribution in [0, 0.1) is 0 Å². The molecule has 3 aliphatic heterocycles. The van der Waals surface area contributed by atoms with Crippen LogP contribution in [0.3, 0.4) is 0 Å². The number of hydrazone groups is 1. The molecule has 4 aliphatic rings. The number of alkyl halides is 1. The summed E-state index contributed by atoms with van der Waals surface area (Å²) >= 11 is 2.02. The molecule has 3 unspecified atom stereocenters. The van der Waals surface area contributed by atoms with E-state index in [2.05, 4.69) is 34.8 Å². The third kappa shape index (κ3) is 7.58. The number of oxime groups is 1. The number of benzene rings is 2. The van der Waals surface area contributed by atoms with E-state index < -0.39 is 54.2 Å². The van der Waals surface area contributed by atoms with Crippen LogP contribution < -0.4 is 11.1 Å². The first-order valence-electron chi connectivity index (χ1n) is 17.2. The van der Waals surface area contributed by atoms with Gasteiger partial charge in [-0.05, 0) is 22.3 Å². The first-order valence-corrected chi connectivity index (χ1v) is 19.0. The van der Waals surface area contributed by atoms with Gasteiger partial charge in [0.25, 0.3) is 18.7 Å². The zero-order valence-corrected chi connectivity index (χ0v) is 31.8. The van der Waals surface area contributed by atoms with Crippen molar-refractivity contribution in [3.05, 3.63) is 76.8 Å². The van der Waals surface area contributed by atoms with Crippen LogP contribution in [0.15, 0.2) is 75.1 Å². The Morgan fingerprint density at radius 2 is 1.84 bits per heavy atom. The molecular weight excluding hydrogens is 772 g/mol. The highest BCUT2D eigenvalue weighted by atomic mass is 32.2. The van der Waals surface area contributed by atoms with Crippen LogP contribution in [0.25, 0.3) is 11.1 Å². The van der Waals surface area contributed by atoms with Gasteiger partial charge >= 0.3 is 12.1 Å². The van der Waals surface area contributed by atoms with E-state index in [1.165, 1.54) is 29.8 Å². The Morgan fingerprint density at radius 1 is 1.12 bits per heavy atom. The summed E-state index contributed by atoms with van der Waals surface area (Å²) in [4.78, 5) is 69.5. The van der Waals surface area contributed by atoms with Crippen LogP contribution in [0.5, 0.6) is 0 Å². The number of nitrogen functional groups attached to an aromatic ring is 1. The quantitative estimate of drug-likeness (QED) is 0.0885. The predicted molar refractivity (Wildman–Crippen MR) is 203 cm³/mol. The molecular formula is C35H35FN10O8S2. The molecule has 7 rings (SSSR count). The third-order valence-electron chi connectivity index (χ3n) is 8.97. The Morgan fingerprint density at radius 3 is 2.50 bits per heavy atom. The van der Waals surface area contributed by atoms with Gasteiger partial charge in [0, 0.05) is 49.8 Å². The number of hydrogen-bond donors (Lipinski definition) is 2. The summed E-state index contributed by atoms with van der Waals surface area (Å²) in [6.07, 6.45) is -1.04. The number of nitrogens with two attached hydrogens (primary N) is 1. The minimum absolute atomic E-state index is 0.0133. The number of rotatable bonds is 12. The van der Waals surface area contributed by atoms with Crippen LogP contribution in [-0.2, 0) is 33.4 Å². The van der Waals surface area contributed by atoms with E-state index in [-0.39, 0.29) is 34.9 Å². The lowest BCUT2D eigenvalue weighted by molar-refractivity contribution is -0.169. The number of guanidine groups is 1. The Labute approximate surface area is 327 Å². The average Bonchev–Trinajstić information content (AvgIpc) is 3.92. The number of β-lactam (4-membered cyclic amide) rings is 1. The molecule has 56 heavy (non-hydrogen) atoms. The number of nitrogens with zero attached hydrogens (tertiary/aromatic N) is 8. The number of hydrogen-bond acceptors (Lipinski definition) is 18. The number of amides is 2. The molecule has 21 heteroatoms. The minimum atomic E-state index is -1.43. The van der Waals surface area contributed by atoms with Gasteiger partial charge < -0.3 is 35.0 Å². The largest absolute Gasteiger partial charge is 0.511 e. The van der Waals surface area contributed by atoms with Crippen LogP contribution in [0.2, 0.25) is 0 Å². The topological polar surface area (TPSA) is 216 Å². The van der Waals surface area contributed by atoms with Gasteiger partial charge in [0.15, 0.2) is 5.13 Å². The molecule has 18 nitrogen and oxygen atoms in total. The molecule has 2 aromatic carbocycles.